The molecule has 0 spiro atoms. The van der Waals surface area contributed by atoms with Gasteiger partial charge in [-0.15, -0.1) is 0 Å². The van der Waals surface area contributed by atoms with Crippen LogP contribution in [0.3, 0.4) is 0 Å². The van der Waals surface area contributed by atoms with E-state index in [-0.39, 0.29) is 0 Å². The fraction of sp³-hybridized carbons (Fsp3) is 0.533. The topological polar surface area (TPSA) is 29.3 Å². The molecule has 1 aromatic carbocycles. The summed E-state index contributed by atoms with van der Waals surface area (Å²) in [4.78, 5) is 3.15. The number of thiocarbonyl (C=S) groups is 1. The number of rotatable bonds is 3. The van der Waals surface area contributed by atoms with Gasteiger partial charge in [0, 0.05) is 19.0 Å². The molecule has 0 bridgehead atoms. The average molecular weight is 262 g/mol. The van der Waals surface area contributed by atoms with Crippen LogP contribution in [0.1, 0.15) is 29.5 Å². The second-order valence-electron chi connectivity index (χ2n) is 5.47. The Bertz CT molecular complexity index is 422. The molecule has 1 aliphatic heterocycles. The summed E-state index contributed by atoms with van der Waals surface area (Å²) in [6.45, 7) is 7.51. The van der Waals surface area contributed by atoms with Crippen molar-refractivity contribution in [2.24, 2.45) is 11.7 Å². The van der Waals surface area contributed by atoms with Gasteiger partial charge in [0.05, 0.1) is 4.99 Å². The fourth-order valence-electron chi connectivity index (χ4n) is 2.85. The molecule has 1 aromatic rings. The van der Waals surface area contributed by atoms with Crippen LogP contribution in [0.25, 0.3) is 0 Å². The molecule has 18 heavy (non-hydrogen) atoms. The monoisotopic (exact) mass is 262 g/mol. The van der Waals surface area contributed by atoms with Gasteiger partial charge in [-0.1, -0.05) is 41.5 Å². The summed E-state index contributed by atoms with van der Waals surface area (Å²) in [5, 5.41) is 0. The minimum atomic E-state index is 0.402. The number of piperidine rings is 1. The molecule has 0 radical (unpaired) electrons. The molecule has 3 heteroatoms. The van der Waals surface area contributed by atoms with Crippen molar-refractivity contribution >= 4 is 17.2 Å². The van der Waals surface area contributed by atoms with E-state index in [0.29, 0.717) is 10.9 Å². The third-order valence-corrected chi connectivity index (χ3v) is 3.93. The van der Waals surface area contributed by atoms with Crippen molar-refractivity contribution in [2.45, 2.75) is 33.2 Å². The van der Waals surface area contributed by atoms with Crippen molar-refractivity contribution in [3.05, 3.63) is 34.9 Å². The van der Waals surface area contributed by atoms with Crippen molar-refractivity contribution < 1.29 is 0 Å². The van der Waals surface area contributed by atoms with Gasteiger partial charge in [-0.3, -0.25) is 4.90 Å². The molecule has 0 saturated carbocycles. The number of nitrogens with zero attached hydrogens (tertiary/aromatic N) is 1. The Hall–Kier alpha value is -0.930. The van der Waals surface area contributed by atoms with E-state index in [1.54, 1.807) is 0 Å². The van der Waals surface area contributed by atoms with E-state index in [9.17, 15) is 0 Å². The lowest BCUT2D eigenvalue weighted by atomic mass is 9.97. The summed E-state index contributed by atoms with van der Waals surface area (Å²) in [5.74, 6) is 0.402. The van der Waals surface area contributed by atoms with Crippen LogP contribution in [0.2, 0.25) is 0 Å². The summed E-state index contributed by atoms with van der Waals surface area (Å²) < 4.78 is 0. The number of nitrogens with two attached hydrogens (primary N) is 1. The van der Waals surface area contributed by atoms with E-state index in [2.05, 4.69) is 36.9 Å². The molecule has 0 amide bonds. The lowest BCUT2D eigenvalue weighted by Gasteiger charge is -2.32. The Kier molecular flexibility index (Phi) is 4.36. The number of benzene rings is 1. The molecule has 2 nitrogen and oxygen atoms in total. The molecule has 1 fully saturated rings. The predicted octanol–water partition coefficient (Wildman–Crippen LogP) is 2.80. The van der Waals surface area contributed by atoms with Gasteiger partial charge in [0.25, 0.3) is 0 Å². The van der Waals surface area contributed by atoms with Gasteiger partial charge in [0.1, 0.15) is 0 Å². The highest BCUT2D eigenvalue weighted by atomic mass is 32.1. The summed E-state index contributed by atoms with van der Waals surface area (Å²) >= 11 is 5.13. The van der Waals surface area contributed by atoms with E-state index in [4.69, 9.17) is 18.0 Å². The van der Waals surface area contributed by atoms with Crippen molar-refractivity contribution in [2.75, 3.05) is 13.1 Å². The third-order valence-electron chi connectivity index (χ3n) is 3.60. The molecule has 1 atom stereocenters. The zero-order chi connectivity index (χ0) is 13.1. The normalized spacial score (nSPS) is 20.9. The van der Waals surface area contributed by atoms with E-state index >= 15 is 0 Å². The maximum absolute atomic E-state index is 5.78. The number of hydrogen-bond acceptors (Lipinski definition) is 2. The molecule has 1 heterocycles. The van der Waals surface area contributed by atoms with E-state index < -0.39 is 0 Å². The summed E-state index contributed by atoms with van der Waals surface area (Å²) in [5.41, 5.74) is 9.86. The van der Waals surface area contributed by atoms with Crippen molar-refractivity contribution in [1.82, 2.24) is 4.90 Å². The summed E-state index contributed by atoms with van der Waals surface area (Å²) in [7, 11) is 0. The van der Waals surface area contributed by atoms with Crippen LogP contribution >= 0.6 is 12.2 Å². The predicted molar refractivity (Wildman–Crippen MR) is 80.7 cm³/mol. The van der Waals surface area contributed by atoms with E-state index in [0.717, 1.165) is 26.1 Å². The Labute approximate surface area is 115 Å². The highest BCUT2D eigenvalue weighted by molar-refractivity contribution is 7.80. The molecule has 1 saturated heterocycles. The standard InChI is InChI=1S/C15H22N2S/c1-11-6-12(2)8-13(7-11)9-17-5-3-4-14(10-17)15(16)18/h6-8,14H,3-5,9-10H2,1-2H3,(H2,16,18). The lowest BCUT2D eigenvalue weighted by molar-refractivity contribution is 0.197. The molecule has 1 unspecified atom stereocenters. The first-order chi connectivity index (χ1) is 8.54. The summed E-state index contributed by atoms with van der Waals surface area (Å²) in [6.07, 6.45) is 2.35. The van der Waals surface area contributed by atoms with Crippen LogP contribution in [0.4, 0.5) is 0 Å². The van der Waals surface area contributed by atoms with Gasteiger partial charge in [-0.25, -0.2) is 0 Å². The van der Waals surface area contributed by atoms with Gasteiger partial charge in [0.2, 0.25) is 0 Å². The first kappa shape index (κ1) is 13.5. The van der Waals surface area contributed by atoms with Crippen LogP contribution in [0.15, 0.2) is 18.2 Å². The Morgan fingerprint density at radius 3 is 2.61 bits per heavy atom. The minimum absolute atomic E-state index is 0.402. The van der Waals surface area contributed by atoms with Crippen LogP contribution in [0, 0.1) is 19.8 Å². The van der Waals surface area contributed by atoms with Gasteiger partial charge in [-0.2, -0.15) is 0 Å². The molecular formula is C15H22N2S. The van der Waals surface area contributed by atoms with E-state index in [1.165, 1.54) is 23.1 Å². The highest BCUT2D eigenvalue weighted by Gasteiger charge is 2.21. The van der Waals surface area contributed by atoms with Crippen molar-refractivity contribution in [3.8, 4) is 0 Å². The molecular weight excluding hydrogens is 240 g/mol. The summed E-state index contributed by atoms with van der Waals surface area (Å²) in [6, 6.07) is 6.77. The smallest absolute Gasteiger partial charge is 0.0771 e. The van der Waals surface area contributed by atoms with Gasteiger partial charge < -0.3 is 5.73 Å². The van der Waals surface area contributed by atoms with Gasteiger partial charge in [-0.05, 0) is 38.8 Å². The zero-order valence-corrected chi connectivity index (χ0v) is 12.1. The largest absolute Gasteiger partial charge is 0.393 e. The fourth-order valence-corrected chi connectivity index (χ4v) is 3.04. The first-order valence-electron chi connectivity index (χ1n) is 6.63. The van der Waals surface area contributed by atoms with Crippen LogP contribution in [-0.4, -0.2) is 23.0 Å². The number of likely N-dealkylation sites (tertiary alicyclic amines) is 1. The van der Waals surface area contributed by atoms with Crippen LogP contribution in [0.5, 0.6) is 0 Å². The highest BCUT2D eigenvalue weighted by Crippen LogP contribution is 2.19. The van der Waals surface area contributed by atoms with Crippen LogP contribution < -0.4 is 5.73 Å². The molecule has 0 aromatic heterocycles. The Balaban J connectivity index is 2.02. The second kappa shape index (κ2) is 5.81. The maximum Gasteiger partial charge on any atom is 0.0771 e. The maximum atomic E-state index is 5.78. The minimum Gasteiger partial charge on any atom is -0.393 e. The molecule has 2 rings (SSSR count). The average Bonchev–Trinajstić information content (AvgIpc) is 2.27. The van der Waals surface area contributed by atoms with Crippen molar-refractivity contribution in [1.29, 1.82) is 0 Å². The zero-order valence-electron chi connectivity index (χ0n) is 11.3. The Morgan fingerprint density at radius 1 is 1.33 bits per heavy atom. The van der Waals surface area contributed by atoms with Gasteiger partial charge >= 0.3 is 0 Å². The molecule has 2 N–H and O–H groups in total. The van der Waals surface area contributed by atoms with Crippen LogP contribution in [-0.2, 0) is 6.54 Å². The SMILES string of the molecule is Cc1cc(C)cc(CN2CCCC(C(N)=S)C2)c1. The second-order valence-corrected chi connectivity index (χ2v) is 5.94. The quantitative estimate of drug-likeness (QED) is 0.849. The van der Waals surface area contributed by atoms with Gasteiger partial charge in [0.15, 0.2) is 0 Å². The first-order valence-corrected chi connectivity index (χ1v) is 7.04. The third kappa shape index (κ3) is 3.53. The molecule has 98 valence electrons. The number of aryl methyl sites for hydroxylation is 2. The molecule has 1 aliphatic rings. The number of hydrogen-bond donors (Lipinski definition) is 1. The van der Waals surface area contributed by atoms with E-state index in [1.807, 2.05) is 0 Å². The lowest BCUT2D eigenvalue weighted by Crippen LogP contribution is -2.40. The molecule has 0 aliphatic carbocycles. The Morgan fingerprint density at radius 2 is 2.00 bits per heavy atom. The van der Waals surface area contributed by atoms with Crippen molar-refractivity contribution in [3.63, 3.8) is 0 Å².